The summed E-state index contributed by atoms with van der Waals surface area (Å²) in [6.45, 7) is 11.7. The van der Waals surface area contributed by atoms with Gasteiger partial charge in [0.1, 0.15) is 6.10 Å². The van der Waals surface area contributed by atoms with E-state index in [-0.39, 0.29) is 50.5 Å². The lowest BCUT2D eigenvalue weighted by molar-refractivity contribution is -0.268. The number of alkyl halides is 2. The molecule has 6 fully saturated rings. The molecule has 4 saturated carbocycles. The molecular formula is C29H44Br2O5. The molecule has 36 heavy (non-hydrogen) atoms. The smallest absolute Gasteiger partial charge is 0.302 e. The van der Waals surface area contributed by atoms with Crippen molar-refractivity contribution in [2.24, 2.45) is 52.3 Å². The van der Waals surface area contributed by atoms with E-state index in [0.717, 1.165) is 38.7 Å². The maximum absolute atomic E-state index is 12.2. The Kier molecular flexibility index (Phi) is 6.56. The number of ether oxygens (including phenoxy) is 3. The van der Waals surface area contributed by atoms with Gasteiger partial charge in [0.05, 0.1) is 23.6 Å². The first-order valence-electron chi connectivity index (χ1n) is 14.4. The average Bonchev–Trinajstić information content (AvgIpc) is 3.26. The van der Waals surface area contributed by atoms with Crippen LogP contribution < -0.4 is 0 Å². The second kappa shape index (κ2) is 8.91. The van der Waals surface area contributed by atoms with E-state index < -0.39 is 11.9 Å². The molecule has 0 aromatic carbocycles. The highest BCUT2D eigenvalue weighted by Gasteiger charge is 2.74. The highest BCUT2D eigenvalue weighted by Crippen LogP contribution is 2.72. The Labute approximate surface area is 233 Å². The summed E-state index contributed by atoms with van der Waals surface area (Å²) >= 11 is 8.09. The number of carbonyl (C=O) groups excluding carboxylic acids is 1. The third kappa shape index (κ3) is 3.50. The molecule has 204 valence electrons. The van der Waals surface area contributed by atoms with E-state index in [0.29, 0.717) is 29.6 Å². The second-order valence-corrected chi connectivity index (χ2v) is 16.0. The molecule has 15 atom stereocenters. The number of hydrogen-bond acceptors (Lipinski definition) is 5. The molecule has 7 heteroatoms. The van der Waals surface area contributed by atoms with Crippen LogP contribution >= 0.6 is 31.9 Å². The summed E-state index contributed by atoms with van der Waals surface area (Å²) < 4.78 is 19.1. The predicted octanol–water partition coefficient (Wildman–Crippen LogP) is 6.08. The zero-order chi connectivity index (χ0) is 25.8. The third-order valence-electron chi connectivity index (χ3n) is 12.2. The summed E-state index contributed by atoms with van der Waals surface area (Å²) in [6, 6.07) is 0. The Morgan fingerprint density at radius 3 is 2.50 bits per heavy atom. The van der Waals surface area contributed by atoms with E-state index in [9.17, 15) is 9.90 Å². The van der Waals surface area contributed by atoms with Gasteiger partial charge in [-0.15, -0.1) is 0 Å². The quantitative estimate of drug-likeness (QED) is 0.281. The van der Waals surface area contributed by atoms with Crippen LogP contribution in [0, 0.1) is 52.3 Å². The van der Waals surface area contributed by atoms with Gasteiger partial charge in [0.25, 0.3) is 0 Å². The van der Waals surface area contributed by atoms with Gasteiger partial charge in [-0.3, -0.25) is 4.79 Å². The summed E-state index contributed by atoms with van der Waals surface area (Å²) in [5, 5.41) is 12.2. The normalized spacial score (nSPS) is 60.1. The van der Waals surface area contributed by atoms with E-state index in [1.54, 1.807) is 0 Å². The average molecular weight is 632 g/mol. The summed E-state index contributed by atoms with van der Waals surface area (Å²) in [6.07, 6.45) is 7.22. The lowest BCUT2D eigenvalue weighted by atomic mass is 9.43. The molecule has 6 unspecified atom stereocenters. The molecule has 6 aliphatic rings. The van der Waals surface area contributed by atoms with Crippen LogP contribution in [0.4, 0.5) is 0 Å². The molecule has 4 aliphatic carbocycles. The fourth-order valence-electron chi connectivity index (χ4n) is 10.7. The molecule has 2 heterocycles. The molecule has 2 aliphatic heterocycles. The van der Waals surface area contributed by atoms with Gasteiger partial charge in [-0.05, 0) is 80.0 Å². The van der Waals surface area contributed by atoms with E-state index in [4.69, 9.17) is 14.2 Å². The zero-order valence-electron chi connectivity index (χ0n) is 22.4. The van der Waals surface area contributed by atoms with Gasteiger partial charge in [0.15, 0.2) is 5.79 Å². The monoisotopic (exact) mass is 630 g/mol. The van der Waals surface area contributed by atoms with Crippen molar-refractivity contribution < 1.29 is 24.1 Å². The molecule has 5 nitrogen and oxygen atoms in total. The minimum atomic E-state index is -0.576. The summed E-state index contributed by atoms with van der Waals surface area (Å²) in [5.41, 5.74) is -0.0365. The largest absolute Gasteiger partial charge is 0.463 e. The van der Waals surface area contributed by atoms with E-state index >= 15 is 0 Å². The number of halogens is 2. The Hall–Kier alpha value is 0.310. The fourth-order valence-corrected chi connectivity index (χ4v) is 13.5. The Morgan fingerprint density at radius 2 is 1.81 bits per heavy atom. The molecule has 2 saturated heterocycles. The van der Waals surface area contributed by atoms with Gasteiger partial charge in [-0.2, -0.15) is 0 Å². The molecule has 1 spiro atoms. The highest BCUT2D eigenvalue weighted by atomic mass is 79.9. The van der Waals surface area contributed by atoms with Gasteiger partial charge in [-0.25, -0.2) is 0 Å². The van der Waals surface area contributed by atoms with Gasteiger partial charge in [-0.1, -0.05) is 59.6 Å². The van der Waals surface area contributed by atoms with Gasteiger partial charge in [0, 0.05) is 29.0 Å². The molecule has 0 radical (unpaired) electrons. The summed E-state index contributed by atoms with van der Waals surface area (Å²) in [5.74, 6) is 2.32. The second-order valence-electron chi connectivity index (χ2n) is 13.9. The first-order chi connectivity index (χ1) is 16.9. The minimum absolute atomic E-state index is 0.0522. The summed E-state index contributed by atoms with van der Waals surface area (Å²) in [7, 11) is 0. The Balaban J connectivity index is 1.29. The van der Waals surface area contributed by atoms with Gasteiger partial charge < -0.3 is 19.3 Å². The molecule has 6 rings (SSSR count). The zero-order valence-corrected chi connectivity index (χ0v) is 25.6. The van der Waals surface area contributed by atoms with E-state index in [1.807, 2.05) is 0 Å². The highest BCUT2D eigenvalue weighted by molar-refractivity contribution is 9.09. The SMILES string of the molecule is CC(=O)O[C@H]1CC[C@]2(C)C3C(CC[C@H]2C1)C1CC2O[C@@]4(OCC(C)C[C@H]4Br)[C@@H](C)C2[C@@]1(C)[C@H](O)[C@H]3Br. The van der Waals surface area contributed by atoms with Crippen LogP contribution in [0.15, 0.2) is 0 Å². The Morgan fingerprint density at radius 1 is 1.06 bits per heavy atom. The summed E-state index contributed by atoms with van der Waals surface area (Å²) in [4.78, 5) is 11.9. The van der Waals surface area contributed by atoms with Crippen molar-refractivity contribution >= 4 is 37.8 Å². The molecule has 1 N–H and O–H groups in total. The van der Waals surface area contributed by atoms with Crippen LogP contribution in [0.2, 0.25) is 0 Å². The maximum atomic E-state index is 12.2. The van der Waals surface area contributed by atoms with Crippen LogP contribution in [0.1, 0.15) is 79.6 Å². The number of fused-ring (bicyclic) bond motifs is 7. The van der Waals surface area contributed by atoms with Crippen molar-refractivity contribution in [2.45, 2.75) is 113 Å². The fraction of sp³-hybridized carbons (Fsp3) is 0.966. The van der Waals surface area contributed by atoms with Crippen molar-refractivity contribution in [2.75, 3.05) is 6.61 Å². The third-order valence-corrected chi connectivity index (χ3v) is 14.3. The van der Waals surface area contributed by atoms with Gasteiger partial charge in [0.2, 0.25) is 0 Å². The number of esters is 1. The van der Waals surface area contributed by atoms with E-state index in [1.165, 1.54) is 19.8 Å². The molecule has 0 amide bonds. The molecule has 0 aromatic heterocycles. The maximum Gasteiger partial charge on any atom is 0.302 e. The lowest BCUT2D eigenvalue weighted by Gasteiger charge is -2.64. The topological polar surface area (TPSA) is 65.0 Å². The number of carbonyl (C=O) groups is 1. The van der Waals surface area contributed by atoms with Gasteiger partial charge >= 0.3 is 5.97 Å². The van der Waals surface area contributed by atoms with Crippen molar-refractivity contribution in [3.05, 3.63) is 0 Å². The number of rotatable bonds is 1. The van der Waals surface area contributed by atoms with Crippen molar-refractivity contribution in [3.8, 4) is 0 Å². The van der Waals surface area contributed by atoms with Crippen LogP contribution in [-0.2, 0) is 19.0 Å². The lowest BCUT2D eigenvalue weighted by Crippen LogP contribution is -2.64. The van der Waals surface area contributed by atoms with Crippen molar-refractivity contribution in [3.63, 3.8) is 0 Å². The first kappa shape index (κ1) is 26.5. The number of aliphatic hydroxyl groups is 1. The standard InChI is InChI=1S/C29H44Br2O5/c1-14-10-22(30)29(34-13-14)15(2)23-21(36-29)12-20-19-7-6-17-11-18(35-16(3)32)8-9-27(17,4)24(19)25(31)26(33)28(20,23)5/h14-15,17-26,33H,6-13H2,1-5H3/t14?,15-,17-,18-,19?,20?,21?,22+,23?,24?,25-,26+,27-,28-,29-/m0/s1. The van der Waals surface area contributed by atoms with Crippen molar-refractivity contribution in [1.82, 2.24) is 0 Å². The first-order valence-corrected chi connectivity index (χ1v) is 16.2. The van der Waals surface area contributed by atoms with Crippen LogP contribution in [0.3, 0.4) is 0 Å². The molecular weight excluding hydrogens is 588 g/mol. The molecule has 0 bridgehead atoms. The predicted molar refractivity (Wildman–Crippen MR) is 145 cm³/mol. The number of aliphatic hydroxyl groups excluding tert-OH is 1. The minimum Gasteiger partial charge on any atom is -0.463 e. The molecule has 0 aromatic rings. The number of hydrogen-bond donors (Lipinski definition) is 1. The van der Waals surface area contributed by atoms with Crippen LogP contribution in [0.25, 0.3) is 0 Å². The van der Waals surface area contributed by atoms with E-state index in [2.05, 4.69) is 59.6 Å². The van der Waals surface area contributed by atoms with Crippen LogP contribution in [0.5, 0.6) is 0 Å². The van der Waals surface area contributed by atoms with Crippen LogP contribution in [-0.4, -0.2) is 51.4 Å². The Bertz CT molecular complexity index is 901. The van der Waals surface area contributed by atoms with Crippen molar-refractivity contribution in [1.29, 1.82) is 0 Å².